The maximum absolute atomic E-state index is 12.6. The van der Waals surface area contributed by atoms with Gasteiger partial charge in [0.1, 0.15) is 11.3 Å². The summed E-state index contributed by atoms with van der Waals surface area (Å²) in [5, 5.41) is 3.10. The second-order valence-corrected chi connectivity index (χ2v) is 6.08. The van der Waals surface area contributed by atoms with Crippen molar-refractivity contribution in [2.75, 3.05) is 7.11 Å². The van der Waals surface area contributed by atoms with Gasteiger partial charge in [-0.3, -0.25) is 4.79 Å². The lowest BCUT2D eigenvalue weighted by Crippen LogP contribution is -2.26. The Morgan fingerprint density at radius 3 is 2.79 bits per heavy atom. The number of para-hydroxylation sites is 1. The molecule has 0 saturated heterocycles. The number of oxazole rings is 1. The summed E-state index contributed by atoms with van der Waals surface area (Å²) in [5.74, 6) is 1.66. The third-order valence-electron chi connectivity index (χ3n) is 4.42. The van der Waals surface area contributed by atoms with E-state index in [9.17, 15) is 4.79 Å². The number of carbonyl (C=O) groups excluding carboxylic acids is 1. The fourth-order valence-electron chi connectivity index (χ4n) is 3.06. The molecule has 1 heterocycles. The van der Waals surface area contributed by atoms with Crippen molar-refractivity contribution >= 4 is 17.0 Å². The second-order valence-electron chi connectivity index (χ2n) is 6.08. The number of fused-ring (bicyclic) bond motifs is 1. The molecule has 5 nitrogen and oxygen atoms in total. The summed E-state index contributed by atoms with van der Waals surface area (Å²) in [7, 11) is 1.65. The first-order chi connectivity index (χ1) is 11.7. The Balaban J connectivity index is 1.48. The minimum absolute atomic E-state index is 0.102. The molecule has 1 aliphatic rings. The van der Waals surface area contributed by atoms with Crippen molar-refractivity contribution in [2.24, 2.45) is 0 Å². The molecule has 0 aliphatic heterocycles. The van der Waals surface area contributed by atoms with Gasteiger partial charge in [0.05, 0.1) is 12.7 Å². The van der Waals surface area contributed by atoms with Crippen LogP contribution in [0, 0.1) is 6.92 Å². The molecule has 0 radical (unpaired) electrons. The van der Waals surface area contributed by atoms with Crippen molar-refractivity contribution in [2.45, 2.75) is 25.3 Å². The fraction of sp³-hybridized carbons (Fsp3) is 0.263. The number of methoxy groups -OCH3 is 1. The van der Waals surface area contributed by atoms with Crippen molar-refractivity contribution < 1.29 is 13.9 Å². The van der Waals surface area contributed by atoms with E-state index in [1.165, 1.54) is 5.56 Å². The largest absolute Gasteiger partial charge is 0.497 e. The molecule has 24 heavy (non-hydrogen) atoms. The van der Waals surface area contributed by atoms with Gasteiger partial charge in [-0.1, -0.05) is 18.2 Å². The summed E-state index contributed by atoms with van der Waals surface area (Å²) < 4.78 is 10.7. The number of amides is 1. The van der Waals surface area contributed by atoms with Gasteiger partial charge in [0.2, 0.25) is 0 Å². The van der Waals surface area contributed by atoms with Gasteiger partial charge in [-0.2, -0.15) is 0 Å². The molecule has 4 rings (SSSR count). The molecule has 122 valence electrons. The molecule has 1 aromatic heterocycles. The van der Waals surface area contributed by atoms with E-state index in [2.05, 4.69) is 22.4 Å². The number of aromatic nitrogens is 1. The molecular weight excluding hydrogens is 304 g/mol. The SMILES string of the molecule is COc1ccc([C@@H]2C[C@H]2NC(=O)c2cccc3oc(C)nc23)cc1. The number of aryl methyl sites for hydroxylation is 1. The highest BCUT2D eigenvalue weighted by atomic mass is 16.5. The van der Waals surface area contributed by atoms with Gasteiger partial charge < -0.3 is 14.5 Å². The van der Waals surface area contributed by atoms with E-state index in [0.29, 0.717) is 28.5 Å². The van der Waals surface area contributed by atoms with Crippen LogP contribution in [0.2, 0.25) is 0 Å². The zero-order valence-electron chi connectivity index (χ0n) is 13.6. The predicted octanol–water partition coefficient (Wildman–Crippen LogP) is 3.43. The molecular formula is C19H18N2O3. The summed E-state index contributed by atoms with van der Waals surface area (Å²) in [5.41, 5.74) is 3.04. The van der Waals surface area contributed by atoms with Crippen LogP contribution in [0.25, 0.3) is 11.1 Å². The van der Waals surface area contributed by atoms with Crippen molar-refractivity contribution in [1.29, 1.82) is 0 Å². The van der Waals surface area contributed by atoms with Crippen LogP contribution in [0.3, 0.4) is 0 Å². The third kappa shape index (κ3) is 2.62. The Labute approximate surface area is 139 Å². The molecule has 2 aromatic carbocycles. The molecule has 1 saturated carbocycles. The Bertz CT molecular complexity index is 899. The average Bonchev–Trinajstić information content (AvgIpc) is 3.24. The Morgan fingerprint density at radius 2 is 2.04 bits per heavy atom. The number of rotatable bonds is 4. The van der Waals surface area contributed by atoms with E-state index in [-0.39, 0.29) is 11.9 Å². The van der Waals surface area contributed by atoms with Crippen molar-refractivity contribution in [1.82, 2.24) is 10.3 Å². The summed E-state index contributed by atoms with van der Waals surface area (Å²) in [6.07, 6.45) is 0.950. The number of nitrogens with zero attached hydrogens (tertiary/aromatic N) is 1. The number of nitrogens with one attached hydrogen (secondary N) is 1. The first kappa shape index (κ1) is 14.8. The molecule has 0 spiro atoms. The van der Waals surface area contributed by atoms with E-state index >= 15 is 0 Å². The maximum atomic E-state index is 12.6. The van der Waals surface area contributed by atoms with E-state index in [1.807, 2.05) is 24.3 Å². The first-order valence-corrected chi connectivity index (χ1v) is 7.96. The molecule has 1 fully saturated rings. The Hall–Kier alpha value is -2.82. The van der Waals surface area contributed by atoms with Gasteiger partial charge >= 0.3 is 0 Å². The lowest BCUT2D eigenvalue weighted by atomic mass is 10.1. The predicted molar refractivity (Wildman–Crippen MR) is 90.4 cm³/mol. The molecule has 1 aliphatic carbocycles. The lowest BCUT2D eigenvalue weighted by molar-refractivity contribution is 0.0952. The highest BCUT2D eigenvalue weighted by molar-refractivity contribution is 6.04. The minimum Gasteiger partial charge on any atom is -0.497 e. The summed E-state index contributed by atoms with van der Waals surface area (Å²) in [6.45, 7) is 1.78. The van der Waals surface area contributed by atoms with Crippen LogP contribution >= 0.6 is 0 Å². The van der Waals surface area contributed by atoms with Crippen LogP contribution < -0.4 is 10.1 Å². The molecule has 1 amide bonds. The maximum Gasteiger partial charge on any atom is 0.253 e. The smallest absolute Gasteiger partial charge is 0.253 e. The molecule has 1 N–H and O–H groups in total. The van der Waals surface area contributed by atoms with Gasteiger partial charge in [-0.05, 0) is 36.2 Å². The monoisotopic (exact) mass is 322 g/mol. The fourth-order valence-corrected chi connectivity index (χ4v) is 3.06. The summed E-state index contributed by atoms with van der Waals surface area (Å²) in [6, 6.07) is 13.6. The second kappa shape index (κ2) is 5.67. The van der Waals surface area contributed by atoms with E-state index in [4.69, 9.17) is 9.15 Å². The van der Waals surface area contributed by atoms with Gasteiger partial charge in [0.15, 0.2) is 11.5 Å². The Morgan fingerprint density at radius 1 is 1.25 bits per heavy atom. The molecule has 0 bridgehead atoms. The molecule has 2 atom stereocenters. The number of hydrogen-bond donors (Lipinski definition) is 1. The zero-order chi connectivity index (χ0) is 16.7. The summed E-state index contributed by atoms with van der Waals surface area (Å²) >= 11 is 0. The van der Waals surface area contributed by atoms with Crippen LogP contribution in [0.15, 0.2) is 46.9 Å². The number of carbonyl (C=O) groups is 1. The van der Waals surface area contributed by atoms with Crippen molar-refractivity contribution in [3.63, 3.8) is 0 Å². The molecule has 5 heteroatoms. The highest BCUT2D eigenvalue weighted by Crippen LogP contribution is 2.41. The quantitative estimate of drug-likeness (QED) is 0.799. The standard InChI is InChI=1S/C19H18N2O3/c1-11-20-18-14(4-3-5-17(18)24-11)19(22)21-16-10-15(16)12-6-8-13(23-2)9-7-12/h3-9,15-16H,10H2,1-2H3,(H,21,22)/t15-,16+/m0/s1. The van der Waals surface area contributed by atoms with Crippen LogP contribution in [-0.4, -0.2) is 24.0 Å². The summed E-state index contributed by atoms with van der Waals surface area (Å²) in [4.78, 5) is 16.9. The van der Waals surface area contributed by atoms with Crippen LogP contribution in [0.4, 0.5) is 0 Å². The Kier molecular flexibility index (Phi) is 3.49. The number of ether oxygens (including phenoxy) is 1. The van der Waals surface area contributed by atoms with Crippen LogP contribution in [0.1, 0.15) is 34.2 Å². The van der Waals surface area contributed by atoms with Crippen LogP contribution in [-0.2, 0) is 0 Å². The number of benzene rings is 2. The van der Waals surface area contributed by atoms with Gasteiger partial charge in [-0.15, -0.1) is 0 Å². The minimum atomic E-state index is -0.102. The molecule has 3 aromatic rings. The first-order valence-electron chi connectivity index (χ1n) is 7.96. The number of hydrogen-bond acceptors (Lipinski definition) is 4. The lowest BCUT2D eigenvalue weighted by Gasteiger charge is -2.06. The highest BCUT2D eigenvalue weighted by Gasteiger charge is 2.39. The zero-order valence-corrected chi connectivity index (χ0v) is 13.6. The average molecular weight is 322 g/mol. The van der Waals surface area contributed by atoms with E-state index in [1.54, 1.807) is 20.1 Å². The van der Waals surface area contributed by atoms with E-state index < -0.39 is 0 Å². The van der Waals surface area contributed by atoms with E-state index in [0.717, 1.165) is 12.2 Å². The van der Waals surface area contributed by atoms with Gasteiger partial charge in [-0.25, -0.2) is 4.98 Å². The topological polar surface area (TPSA) is 64.4 Å². The van der Waals surface area contributed by atoms with Crippen LogP contribution in [0.5, 0.6) is 5.75 Å². The van der Waals surface area contributed by atoms with Gasteiger partial charge in [0.25, 0.3) is 5.91 Å². The van der Waals surface area contributed by atoms with Gasteiger partial charge in [0, 0.05) is 18.9 Å². The normalized spacial score (nSPS) is 19.2. The third-order valence-corrected chi connectivity index (χ3v) is 4.42. The van der Waals surface area contributed by atoms with Crippen molar-refractivity contribution in [3.05, 3.63) is 59.5 Å². The van der Waals surface area contributed by atoms with Crippen molar-refractivity contribution in [3.8, 4) is 5.75 Å². The molecule has 0 unspecified atom stereocenters.